The van der Waals surface area contributed by atoms with E-state index in [1.165, 1.54) is 0 Å². The van der Waals surface area contributed by atoms with Crippen LogP contribution in [0.25, 0.3) is 0 Å². The summed E-state index contributed by atoms with van der Waals surface area (Å²) in [6, 6.07) is 7.74. The number of anilines is 1. The molecule has 2 aliphatic heterocycles. The zero-order chi connectivity index (χ0) is 16.2. The molecule has 2 saturated heterocycles. The van der Waals surface area contributed by atoms with E-state index in [2.05, 4.69) is 5.32 Å². The number of carbonyl (C=O) groups is 2. The van der Waals surface area contributed by atoms with Gasteiger partial charge in [0.2, 0.25) is 5.91 Å². The smallest absolute Gasteiger partial charge is 0.325 e. The van der Waals surface area contributed by atoms with Crippen LogP contribution in [0.1, 0.15) is 18.4 Å². The molecule has 2 aliphatic rings. The standard InChI is InChI=1S/C17H23N3O3/c1-13-4-6-14(7-5-13)20-9-8-19(17(20)22)12-16(21)18-11-15-3-2-10-23-15/h4-7,15H,2-3,8-12H2,1H3,(H,18,21). The fraction of sp³-hybridized carbons (Fsp3) is 0.529. The van der Waals surface area contributed by atoms with Gasteiger partial charge in [0.25, 0.3) is 0 Å². The van der Waals surface area contributed by atoms with E-state index in [0.717, 1.165) is 30.7 Å². The van der Waals surface area contributed by atoms with E-state index < -0.39 is 0 Å². The van der Waals surface area contributed by atoms with E-state index in [1.54, 1.807) is 9.80 Å². The molecule has 0 radical (unpaired) electrons. The van der Waals surface area contributed by atoms with Crippen LogP contribution in [0.5, 0.6) is 0 Å². The second-order valence-electron chi connectivity index (χ2n) is 6.13. The topological polar surface area (TPSA) is 61.9 Å². The molecule has 0 spiro atoms. The maximum atomic E-state index is 12.4. The summed E-state index contributed by atoms with van der Waals surface area (Å²) in [4.78, 5) is 27.7. The second-order valence-corrected chi connectivity index (χ2v) is 6.13. The van der Waals surface area contributed by atoms with Gasteiger partial charge in [0.15, 0.2) is 0 Å². The lowest BCUT2D eigenvalue weighted by Gasteiger charge is -2.19. The number of ether oxygens (including phenoxy) is 1. The summed E-state index contributed by atoms with van der Waals surface area (Å²) in [6.45, 7) is 4.61. The molecule has 3 rings (SSSR count). The van der Waals surface area contributed by atoms with Crippen molar-refractivity contribution in [3.63, 3.8) is 0 Å². The summed E-state index contributed by atoms with van der Waals surface area (Å²) in [7, 11) is 0. The zero-order valence-corrected chi connectivity index (χ0v) is 13.5. The highest BCUT2D eigenvalue weighted by molar-refractivity contribution is 5.96. The number of nitrogens with zero attached hydrogens (tertiary/aromatic N) is 2. The average molecular weight is 317 g/mol. The Hall–Kier alpha value is -2.08. The van der Waals surface area contributed by atoms with Crippen molar-refractivity contribution in [2.45, 2.75) is 25.9 Å². The number of rotatable bonds is 5. The van der Waals surface area contributed by atoms with Gasteiger partial charge < -0.3 is 15.0 Å². The van der Waals surface area contributed by atoms with Crippen molar-refractivity contribution in [3.05, 3.63) is 29.8 Å². The molecule has 2 fully saturated rings. The molecule has 23 heavy (non-hydrogen) atoms. The molecule has 0 aromatic heterocycles. The van der Waals surface area contributed by atoms with Crippen molar-refractivity contribution in [1.82, 2.24) is 10.2 Å². The largest absolute Gasteiger partial charge is 0.376 e. The molecule has 0 aliphatic carbocycles. The molecule has 6 nitrogen and oxygen atoms in total. The van der Waals surface area contributed by atoms with Crippen LogP contribution in [0.15, 0.2) is 24.3 Å². The van der Waals surface area contributed by atoms with Crippen LogP contribution in [-0.4, -0.2) is 55.7 Å². The van der Waals surface area contributed by atoms with E-state index >= 15 is 0 Å². The third-order valence-corrected chi connectivity index (χ3v) is 4.33. The maximum Gasteiger partial charge on any atom is 0.325 e. The molecule has 0 saturated carbocycles. The van der Waals surface area contributed by atoms with E-state index in [0.29, 0.717) is 19.6 Å². The Kier molecular flexibility index (Phi) is 4.81. The Morgan fingerprint density at radius 3 is 2.78 bits per heavy atom. The van der Waals surface area contributed by atoms with Gasteiger partial charge in [-0.1, -0.05) is 17.7 Å². The maximum absolute atomic E-state index is 12.4. The van der Waals surface area contributed by atoms with Crippen LogP contribution in [0.4, 0.5) is 10.5 Å². The number of aryl methyl sites for hydroxylation is 1. The van der Waals surface area contributed by atoms with Gasteiger partial charge in [-0.25, -0.2) is 4.79 Å². The lowest BCUT2D eigenvalue weighted by molar-refractivity contribution is -0.122. The third kappa shape index (κ3) is 3.82. The average Bonchev–Trinajstić information content (AvgIpc) is 3.18. The molecule has 0 bridgehead atoms. The van der Waals surface area contributed by atoms with E-state index in [-0.39, 0.29) is 24.6 Å². The molecule has 1 N–H and O–H groups in total. The Balaban J connectivity index is 1.50. The molecule has 2 heterocycles. The van der Waals surface area contributed by atoms with Gasteiger partial charge >= 0.3 is 6.03 Å². The third-order valence-electron chi connectivity index (χ3n) is 4.33. The minimum absolute atomic E-state index is 0.105. The molecule has 1 atom stereocenters. The monoisotopic (exact) mass is 317 g/mol. The molecule has 1 aromatic rings. The van der Waals surface area contributed by atoms with Crippen LogP contribution in [0, 0.1) is 6.92 Å². The zero-order valence-electron chi connectivity index (χ0n) is 13.5. The summed E-state index contributed by atoms with van der Waals surface area (Å²) in [5.74, 6) is -0.125. The minimum Gasteiger partial charge on any atom is -0.376 e. The van der Waals surface area contributed by atoms with Crippen molar-refractivity contribution in [2.75, 3.05) is 37.7 Å². The molecule has 3 amide bonds. The highest BCUT2D eigenvalue weighted by Crippen LogP contribution is 2.20. The highest BCUT2D eigenvalue weighted by Gasteiger charge is 2.30. The lowest BCUT2D eigenvalue weighted by Crippen LogP contribution is -2.42. The SMILES string of the molecule is Cc1ccc(N2CCN(CC(=O)NCC3CCCO3)C2=O)cc1. The van der Waals surface area contributed by atoms with Gasteiger partial charge in [0.05, 0.1) is 6.10 Å². The Labute approximate surface area is 136 Å². The van der Waals surface area contributed by atoms with Crippen LogP contribution < -0.4 is 10.2 Å². The summed E-state index contributed by atoms with van der Waals surface area (Å²) in [5, 5.41) is 2.86. The number of amides is 3. The van der Waals surface area contributed by atoms with Crippen molar-refractivity contribution in [2.24, 2.45) is 0 Å². The van der Waals surface area contributed by atoms with Gasteiger partial charge in [-0.2, -0.15) is 0 Å². The number of nitrogens with one attached hydrogen (secondary N) is 1. The predicted molar refractivity (Wildman–Crippen MR) is 87.5 cm³/mol. The number of carbonyl (C=O) groups excluding carboxylic acids is 2. The number of benzene rings is 1. The summed E-state index contributed by atoms with van der Waals surface area (Å²) in [5.41, 5.74) is 2.04. The first-order chi connectivity index (χ1) is 11.1. The Morgan fingerprint density at radius 1 is 1.30 bits per heavy atom. The number of hydrogen-bond acceptors (Lipinski definition) is 3. The highest BCUT2D eigenvalue weighted by atomic mass is 16.5. The predicted octanol–water partition coefficient (Wildman–Crippen LogP) is 1.53. The van der Waals surface area contributed by atoms with Gasteiger partial charge in [-0.05, 0) is 31.9 Å². The molecule has 1 unspecified atom stereocenters. The normalized spacial score (nSPS) is 21.1. The number of urea groups is 1. The van der Waals surface area contributed by atoms with Gasteiger partial charge in [0, 0.05) is 31.9 Å². The van der Waals surface area contributed by atoms with Crippen LogP contribution >= 0.6 is 0 Å². The fourth-order valence-corrected chi connectivity index (χ4v) is 2.96. The second kappa shape index (κ2) is 7.00. The fourth-order valence-electron chi connectivity index (χ4n) is 2.96. The minimum atomic E-state index is -0.125. The van der Waals surface area contributed by atoms with Crippen molar-refractivity contribution >= 4 is 17.6 Å². The van der Waals surface area contributed by atoms with Crippen LogP contribution in [-0.2, 0) is 9.53 Å². The molecule has 124 valence electrons. The van der Waals surface area contributed by atoms with Crippen LogP contribution in [0.2, 0.25) is 0 Å². The first kappa shape index (κ1) is 15.8. The van der Waals surface area contributed by atoms with E-state index in [1.807, 2.05) is 31.2 Å². The first-order valence-corrected chi connectivity index (χ1v) is 8.15. The molecular weight excluding hydrogens is 294 g/mol. The first-order valence-electron chi connectivity index (χ1n) is 8.15. The van der Waals surface area contributed by atoms with Gasteiger partial charge in [-0.3, -0.25) is 9.69 Å². The Bertz CT molecular complexity index is 567. The summed E-state index contributed by atoms with van der Waals surface area (Å²) >= 11 is 0. The van der Waals surface area contributed by atoms with Crippen LogP contribution in [0.3, 0.4) is 0 Å². The lowest BCUT2D eigenvalue weighted by atomic mass is 10.2. The summed E-state index contributed by atoms with van der Waals surface area (Å²) in [6.07, 6.45) is 2.16. The van der Waals surface area contributed by atoms with Gasteiger partial charge in [-0.15, -0.1) is 0 Å². The summed E-state index contributed by atoms with van der Waals surface area (Å²) < 4.78 is 5.48. The van der Waals surface area contributed by atoms with Crippen molar-refractivity contribution in [3.8, 4) is 0 Å². The molecular formula is C17H23N3O3. The van der Waals surface area contributed by atoms with Gasteiger partial charge in [0.1, 0.15) is 6.54 Å². The van der Waals surface area contributed by atoms with E-state index in [9.17, 15) is 9.59 Å². The molecule has 1 aromatic carbocycles. The van der Waals surface area contributed by atoms with Crippen molar-refractivity contribution < 1.29 is 14.3 Å². The van der Waals surface area contributed by atoms with E-state index in [4.69, 9.17) is 4.74 Å². The molecule has 6 heteroatoms. The quantitative estimate of drug-likeness (QED) is 0.896. The number of hydrogen-bond donors (Lipinski definition) is 1. The Morgan fingerprint density at radius 2 is 2.09 bits per heavy atom. The van der Waals surface area contributed by atoms with Crippen molar-refractivity contribution in [1.29, 1.82) is 0 Å².